The lowest BCUT2D eigenvalue weighted by Gasteiger charge is -2.16. The molecular weight excluding hydrogens is 567 g/mol. The summed E-state index contributed by atoms with van der Waals surface area (Å²) in [7, 11) is 0. The van der Waals surface area contributed by atoms with Crippen LogP contribution in [0.1, 0.15) is 52.6 Å². The second kappa shape index (κ2) is 9.33. The summed E-state index contributed by atoms with van der Waals surface area (Å²) in [5, 5.41) is 6.54. The number of rotatable bonds is 7. The van der Waals surface area contributed by atoms with Crippen molar-refractivity contribution in [1.29, 1.82) is 0 Å². The average molecular weight is 582 g/mol. The number of nitrogens with zero attached hydrogens (tertiary/aromatic N) is 4. The number of hydrogen-bond acceptors (Lipinski definition) is 5. The van der Waals surface area contributed by atoms with Crippen molar-refractivity contribution in [2.45, 2.75) is 44.0 Å². The lowest BCUT2D eigenvalue weighted by atomic mass is 10.0. The van der Waals surface area contributed by atoms with Gasteiger partial charge in [0.1, 0.15) is 5.75 Å². The first kappa shape index (κ1) is 25.9. The van der Waals surface area contributed by atoms with Crippen molar-refractivity contribution < 1.29 is 40.3 Å². The van der Waals surface area contributed by atoms with Crippen molar-refractivity contribution in [1.82, 2.24) is 25.1 Å². The molecule has 1 aromatic carbocycles. The number of amides is 1. The molecule has 2 aromatic heterocycles. The third-order valence-corrected chi connectivity index (χ3v) is 5.61. The van der Waals surface area contributed by atoms with Gasteiger partial charge < -0.3 is 10.1 Å². The Morgan fingerprint density at radius 3 is 2.50 bits per heavy atom. The molecule has 0 radical (unpaired) electrons. The van der Waals surface area contributed by atoms with Gasteiger partial charge in [-0.1, -0.05) is 0 Å². The van der Waals surface area contributed by atoms with Crippen LogP contribution in [0.25, 0.3) is 5.82 Å². The molecule has 0 saturated heterocycles. The molecule has 36 heavy (non-hydrogen) atoms. The Morgan fingerprint density at radius 2 is 1.94 bits per heavy atom. The summed E-state index contributed by atoms with van der Waals surface area (Å²) in [5.74, 6) is -5.49. The highest BCUT2D eigenvalue weighted by Crippen LogP contribution is 2.56. The quantitative estimate of drug-likeness (QED) is 0.364. The summed E-state index contributed by atoms with van der Waals surface area (Å²) in [4.78, 5) is 20.9. The predicted octanol–water partition coefficient (Wildman–Crippen LogP) is 5.66. The van der Waals surface area contributed by atoms with Crippen LogP contribution in [-0.4, -0.2) is 38.2 Å². The van der Waals surface area contributed by atoms with Crippen LogP contribution in [0, 0.1) is 0 Å². The standard InChI is InChI=1S/C21H15BrF7N5O2/c1-9(16-32-18(22)33-34(16)15-3-2-13(8-30-15)36-19(23)24)31-17(35)11-4-10(14-7-20(14,25)26)5-12(6-11)21(27,28)29/h2-6,8-9,14,19H,7H2,1H3,(H,31,35). The van der Waals surface area contributed by atoms with E-state index < -0.39 is 54.1 Å². The number of hydrogen-bond donors (Lipinski definition) is 1. The zero-order valence-electron chi connectivity index (χ0n) is 18.0. The fourth-order valence-corrected chi connectivity index (χ4v) is 3.82. The Kier molecular flexibility index (Phi) is 6.70. The molecule has 7 nitrogen and oxygen atoms in total. The molecule has 0 spiro atoms. The number of nitrogens with one attached hydrogen (secondary N) is 1. The molecule has 4 rings (SSSR count). The highest BCUT2D eigenvalue weighted by Gasteiger charge is 2.58. The Morgan fingerprint density at radius 1 is 1.25 bits per heavy atom. The summed E-state index contributed by atoms with van der Waals surface area (Å²) in [5.41, 5.74) is -1.96. The number of carbonyl (C=O) groups is 1. The predicted molar refractivity (Wildman–Crippen MR) is 113 cm³/mol. The second-order valence-corrected chi connectivity index (χ2v) is 8.65. The van der Waals surface area contributed by atoms with Gasteiger partial charge in [-0.2, -0.15) is 26.6 Å². The molecule has 15 heteroatoms. The third-order valence-electron chi connectivity index (χ3n) is 5.28. The van der Waals surface area contributed by atoms with E-state index in [1.165, 1.54) is 23.7 Å². The van der Waals surface area contributed by atoms with Crippen molar-refractivity contribution in [3.8, 4) is 11.6 Å². The van der Waals surface area contributed by atoms with Crippen LogP contribution in [0.15, 0.2) is 41.3 Å². The third kappa shape index (κ3) is 5.60. The molecule has 1 saturated carbocycles. The number of pyridine rings is 1. The summed E-state index contributed by atoms with van der Waals surface area (Å²) in [6.07, 6.45) is -4.43. The molecule has 1 fully saturated rings. The van der Waals surface area contributed by atoms with Gasteiger partial charge in [0.2, 0.25) is 4.73 Å². The Balaban J connectivity index is 1.59. The maximum atomic E-state index is 13.5. The largest absolute Gasteiger partial charge is 0.433 e. The fraction of sp³-hybridized carbons (Fsp3) is 0.333. The van der Waals surface area contributed by atoms with E-state index in [0.29, 0.717) is 12.1 Å². The average Bonchev–Trinajstić information content (AvgIpc) is 3.24. The van der Waals surface area contributed by atoms with Gasteiger partial charge in [0.05, 0.1) is 23.7 Å². The van der Waals surface area contributed by atoms with Gasteiger partial charge in [-0.15, -0.1) is 5.10 Å². The van der Waals surface area contributed by atoms with Crippen molar-refractivity contribution in [2.75, 3.05) is 0 Å². The van der Waals surface area contributed by atoms with E-state index >= 15 is 0 Å². The van der Waals surface area contributed by atoms with Crippen LogP contribution in [0.2, 0.25) is 0 Å². The minimum Gasteiger partial charge on any atom is -0.433 e. The van der Waals surface area contributed by atoms with E-state index in [4.69, 9.17) is 0 Å². The molecule has 1 aliphatic rings. The molecule has 2 atom stereocenters. The van der Waals surface area contributed by atoms with Gasteiger partial charge in [-0.3, -0.25) is 4.79 Å². The number of benzene rings is 1. The monoisotopic (exact) mass is 581 g/mol. The van der Waals surface area contributed by atoms with Crippen LogP contribution in [0.4, 0.5) is 30.7 Å². The molecule has 192 valence electrons. The minimum atomic E-state index is -4.85. The highest BCUT2D eigenvalue weighted by molar-refractivity contribution is 9.10. The first-order valence-corrected chi connectivity index (χ1v) is 11.0. The fourth-order valence-electron chi connectivity index (χ4n) is 3.48. The number of halogens is 8. The van der Waals surface area contributed by atoms with Crippen molar-refractivity contribution in [3.05, 3.63) is 63.8 Å². The lowest BCUT2D eigenvalue weighted by molar-refractivity contribution is -0.137. The van der Waals surface area contributed by atoms with E-state index in [0.717, 1.165) is 12.3 Å². The zero-order valence-corrected chi connectivity index (χ0v) is 19.6. The SMILES string of the molecule is CC(NC(=O)c1cc(C2CC2(F)F)cc(C(F)(F)F)c1)c1nc(Br)nn1-c1ccc(OC(F)F)cn1. The summed E-state index contributed by atoms with van der Waals surface area (Å²) >= 11 is 3.08. The van der Waals surface area contributed by atoms with Crippen molar-refractivity contribution in [2.24, 2.45) is 0 Å². The first-order valence-electron chi connectivity index (χ1n) is 10.2. The van der Waals surface area contributed by atoms with Gasteiger partial charge in [0.25, 0.3) is 11.8 Å². The molecule has 3 aromatic rings. The van der Waals surface area contributed by atoms with Gasteiger partial charge in [0.15, 0.2) is 11.6 Å². The summed E-state index contributed by atoms with van der Waals surface area (Å²) in [6, 6.07) is 3.76. The van der Waals surface area contributed by atoms with Crippen LogP contribution in [0.3, 0.4) is 0 Å². The molecule has 2 unspecified atom stereocenters. The van der Waals surface area contributed by atoms with Gasteiger partial charge in [-0.25, -0.2) is 18.7 Å². The molecule has 1 amide bonds. The first-order chi connectivity index (χ1) is 16.7. The van der Waals surface area contributed by atoms with Crippen LogP contribution in [0.5, 0.6) is 5.75 Å². The molecule has 0 bridgehead atoms. The summed E-state index contributed by atoms with van der Waals surface area (Å²) < 4.78 is 97.3. The second-order valence-electron chi connectivity index (χ2n) is 7.94. The van der Waals surface area contributed by atoms with E-state index in [1.54, 1.807) is 0 Å². The molecule has 1 aliphatic carbocycles. The topological polar surface area (TPSA) is 81.9 Å². The van der Waals surface area contributed by atoms with E-state index in [9.17, 15) is 35.5 Å². The maximum Gasteiger partial charge on any atom is 0.416 e. The Labute approximate surface area is 206 Å². The highest BCUT2D eigenvalue weighted by atomic mass is 79.9. The van der Waals surface area contributed by atoms with Crippen LogP contribution < -0.4 is 10.1 Å². The minimum absolute atomic E-state index is 0.0747. The number of alkyl halides is 7. The van der Waals surface area contributed by atoms with E-state index in [2.05, 4.69) is 41.1 Å². The number of aromatic nitrogens is 4. The van der Waals surface area contributed by atoms with Gasteiger partial charge >= 0.3 is 12.8 Å². The number of ether oxygens (including phenoxy) is 1. The lowest BCUT2D eigenvalue weighted by Crippen LogP contribution is -2.29. The van der Waals surface area contributed by atoms with Crippen LogP contribution >= 0.6 is 15.9 Å². The molecule has 2 heterocycles. The Hall–Kier alpha value is -3.23. The molecule has 1 N–H and O–H groups in total. The van der Waals surface area contributed by atoms with Crippen LogP contribution in [-0.2, 0) is 6.18 Å². The van der Waals surface area contributed by atoms with E-state index in [-0.39, 0.29) is 27.7 Å². The number of carbonyl (C=O) groups excluding carboxylic acids is 1. The Bertz CT molecular complexity index is 1280. The van der Waals surface area contributed by atoms with E-state index in [1.807, 2.05) is 0 Å². The molecule has 0 aliphatic heterocycles. The molecular formula is C21H15BrF7N5O2. The smallest absolute Gasteiger partial charge is 0.416 e. The maximum absolute atomic E-state index is 13.5. The van der Waals surface area contributed by atoms with Crippen molar-refractivity contribution in [3.63, 3.8) is 0 Å². The van der Waals surface area contributed by atoms with Crippen molar-refractivity contribution >= 4 is 21.8 Å². The van der Waals surface area contributed by atoms with Gasteiger partial charge in [0, 0.05) is 12.0 Å². The van der Waals surface area contributed by atoms with Gasteiger partial charge in [-0.05, 0) is 58.7 Å². The zero-order chi connectivity index (χ0) is 26.4. The normalized spacial score (nSPS) is 17.7. The summed E-state index contributed by atoms with van der Waals surface area (Å²) in [6.45, 7) is -1.59.